The molecule has 0 fully saturated rings. The molecule has 1 amide bonds. The maximum absolute atomic E-state index is 11.5. The third kappa shape index (κ3) is 2.60. The number of carbonyl (C=O) groups is 1. The summed E-state index contributed by atoms with van der Waals surface area (Å²) in [7, 11) is 0. The van der Waals surface area contributed by atoms with Crippen molar-refractivity contribution in [3.8, 4) is 0 Å². The van der Waals surface area contributed by atoms with Crippen LogP contribution in [0.5, 0.6) is 0 Å². The normalized spacial score (nSPS) is 10.3. The molecule has 0 saturated heterocycles. The molecule has 2 aromatic rings. The molecule has 0 aromatic carbocycles. The van der Waals surface area contributed by atoms with Crippen molar-refractivity contribution in [1.29, 1.82) is 0 Å². The highest BCUT2D eigenvalue weighted by molar-refractivity contribution is 7.11. The standard InChI is InChI=1S/C10H11N5O2S/c1-6-2-12-10(17)15(3-6)4-7-5-18-9(13-7)8(16)14-11/h2-3,5H,4,11H2,1H3,(H,14,16). The van der Waals surface area contributed by atoms with Crippen LogP contribution in [0.2, 0.25) is 0 Å². The number of amides is 1. The van der Waals surface area contributed by atoms with E-state index in [9.17, 15) is 9.59 Å². The maximum Gasteiger partial charge on any atom is 0.347 e. The molecule has 2 aromatic heterocycles. The van der Waals surface area contributed by atoms with Crippen molar-refractivity contribution >= 4 is 17.2 Å². The van der Waals surface area contributed by atoms with Crippen LogP contribution in [0, 0.1) is 6.92 Å². The SMILES string of the molecule is Cc1cnc(=O)n(Cc2csc(C(=O)NN)n2)c1. The van der Waals surface area contributed by atoms with Crippen LogP contribution in [0.25, 0.3) is 0 Å². The Labute approximate surface area is 106 Å². The predicted molar refractivity (Wildman–Crippen MR) is 66.1 cm³/mol. The van der Waals surface area contributed by atoms with E-state index in [2.05, 4.69) is 9.97 Å². The lowest BCUT2D eigenvalue weighted by atomic mass is 10.4. The molecular formula is C10H11N5O2S. The van der Waals surface area contributed by atoms with Gasteiger partial charge in [0.05, 0.1) is 12.2 Å². The second-order valence-electron chi connectivity index (χ2n) is 3.66. The molecule has 0 unspecified atom stereocenters. The van der Waals surface area contributed by atoms with E-state index in [0.29, 0.717) is 5.69 Å². The number of rotatable bonds is 3. The number of aromatic nitrogens is 3. The fourth-order valence-electron chi connectivity index (χ4n) is 1.40. The largest absolute Gasteiger partial charge is 0.347 e. The molecule has 8 heteroatoms. The molecule has 0 radical (unpaired) electrons. The van der Waals surface area contributed by atoms with Crippen LogP contribution in [0.3, 0.4) is 0 Å². The lowest BCUT2D eigenvalue weighted by Gasteiger charge is -2.02. The van der Waals surface area contributed by atoms with Crippen LogP contribution in [0.1, 0.15) is 21.1 Å². The highest BCUT2D eigenvalue weighted by Gasteiger charge is 2.10. The van der Waals surface area contributed by atoms with Gasteiger partial charge in [-0.2, -0.15) is 0 Å². The zero-order chi connectivity index (χ0) is 13.1. The molecule has 2 heterocycles. The minimum absolute atomic E-state index is 0.265. The second kappa shape index (κ2) is 5.07. The van der Waals surface area contributed by atoms with E-state index in [1.54, 1.807) is 11.6 Å². The first-order valence-electron chi connectivity index (χ1n) is 5.08. The van der Waals surface area contributed by atoms with E-state index in [0.717, 1.165) is 5.56 Å². The number of nitrogens with one attached hydrogen (secondary N) is 1. The van der Waals surface area contributed by atoms with Crippen molar-refractivity contribution in [3.63, 3.8) is 0 Å². The summed E-state index contributed by atoms with van der Waals surface area (Å²) in [5.41, 5.74) is 3.16. The maximum atomic E-state index is 11.5. The van der Waals surface area contributed by atoms with Crippen molar-refractivity contribution < 1.29 is 4.79 Å². The molecule has 7 nitrogen and oxygen atoms in total. The van der Waals surface area contributed by atoms with Gasteiger partial charge in [-0.05, 0) is 12.5 Å². The number of hydrogen-bond donors (Lipinski definition) is 2. The summed E-state index contributed by atoms with van der Waals surface area (Å²) < 4.78 is 1.44. The van der Waals surface area contributed by atoms with Gasteiger partial charge in [-0.1, -0.05) is 0 Å². The third-order valence-electron chi connectivity index (χ3n) is 2.19. The van der Waals surface area contributed by atoms with Crippen LogP contribution in [0.4, 0.5) is 0 Å². The Balaban J connectivity index is 2.24. The summed E-state index contributed by atoms with van der Waals surface area (Å²) in [6, 6.07) is 0. The quantitative estimate of drug-likeness (QED) is 0.449. The Kier molecular flexibility index (Phi) is 3.49. The van der Waals surface area contributed by atoms with E-state index in [-0.39, 0.29) is 17.2 Å². The van der Waals surface area contributed by atoms with E-state index in [1.165, 1.54) is 22.1 Å². The Morgan fingerprint density at radius 1 is 1.61 bits per heavy atom. The van der Waals surface area contributed by atoms with Gasteiger partial charge in [0.25, 0.3) is 5.91 Å². The molecule has 0 aliphatic carbocycles. The summed E-state index contributed by atoms with van der Waals surface area (Å²) in [4.78, 5) is 30.5. The number of nitrogens with two attached hydrogens (primary N) is 1. The smallest absolute Gasteiger partial charge is 0.293 e. The average Bonchev–Trinajstić information content (AvgIpc) is 2.81. The van der Waals surface area contributed by atoms with Crippen LogP contribution in [-0.2, 0) is 6.54 Å². The molecule has 0 spiro atoms. The molecule has 0 saturated carbocycles. The average molecular weight is 265 g/mol. The van der Waals surface area contributed by atoms with E-state index < -0.39 is 5.91 Å². The Morgan fingerprint density at radius 2 is 2.39 bits per heavy atom. The van der Waals surface area contributed by atoms with E-state index in [1.807, 2.05) is 12.3 Å². The number of hydrogen-bond acceptors (Lipinski definition) is 6. The molecule has 94 valence electrons. The molecule has 0 atom stereocenters. The summed E-state index contributed by atoms with van der Waals surface area (Å²) in [5, 5.41) is 1.97. The monoisotopic (exact) mass is 265 g/mol. The van der Waals surface area contributed by atoms with Gasteiger partial charge >= 0.3 is 5.69 Å². The van der Waals surface area contributed by atoms with E-state index in [4.69, 9.17) is 5.84 Å². The number of nitrogens with zero attached hydrogens (tertiary/aromatic N) is 3. The van der Waals surface area contributed by atoms with Crippen LogP contribution in [-0.4, -0.2) is 20.4 Å². The minimum Gasteiger partial charge on any atom is -0.293 e. The van der Waals surface area contributed by atoms with Crippen molar-refractivity contribution in [3.05, 3.63) is 44.5 Å². The molecule has 0 aliphatic heterocycles. The fraction of sp³-hybridized carbons (Fsp3) is 0.200. The number of thiazole rings is 1. The zero-order valence-corrected chi connectivity index (χ0v) is 10.4. The van der Waals surface area contributed by atoms with Crippen molar-refractivity contribution in [1.82, 2.24) is 20.0 Å². The first-order chi connectivity index (χ1) is 8.60. The molecule has 3 N–H and O–H groups in total. The third-order valence-corrected chi connectivity index (χ3v) is 3.08. The van der Waals surface area contributed by atoms with Crippen LogP contribution >= 0.6 is 11.3 Å². The predicted octanol–water partition coefficient (Wildman–Crippen LogP) is -0.340. The molecule has 0 aliphatic rings. The molecular weight excluding hydrogens is 254 g/mol. The van der Waals surface area contributed by atoms with Gasteiger partial charge in [-0.25, -0.2) is 20.6 Å². The summed E-state index contributed by atoms with van der Waals surface area (Å²) in [5.74, 6) is 4.57. The summed E-state index contributed by atoms with van der Waals surface area (Å²) in [6.07, 6.45) is 3.20. The highest BCUT2D eigenvalue weighted by atomic mass is 32.1. The van der Waals surface area contributed by atoms with Gasteiger partial charge < -0.3 is 0 Å². The van der Waals surface area contributed by atoms with Gasteiger partial charge in [0, 0.05) is 17.8 Å². The number of aryl methyl sites for hydroxylation is 1. The first kappa shape index (κ1) is 12.4. The Hall–Kier alpha value is -2.06. The van der Waals surface area contributed by atoms with Gasteiger partial charge in [-0.3, -0.25) is 14.8 Å². The lowest BCUT2D eigenvalue weighted by molar-refractivity contribution is 0.0953. The minimum atomic E-state index is -0.444. The summed E-state index contributed by atoms with van der Waals surface area (Å²) >= 11 is 1.17. The second-order valence-corrected chi connectivity index (χ2v) is 4.52. The number of hydrazine groups is 1. The van der Waals surface area contributed by atoms with Crippen LogP contribution < -0.4 is 17.0 Å². The van der Waals surface area contributed by atoms with Crippen molar-refractivity contribution in [2.75, 3.05) is 0 Å². The van der Waals surface area contributed by atoms with Gasteiger partial charge in [-0.15, -0.1) is 11.3 Å². The topological polar surface area (TPSA) is 103 Å². The Bertz CT molecular complexity index is 633. The zero-order valence-electron chi connectivity index (χ0n) is 9.58. The molecule has 2 rings (SSSR count). The van der Waals surface area contributed by atoms with Crippen molar-refractivity contribution in [2.45, 2.75) is 13.5 Å². The Morgan fingerprint density at radius 3 is 3.11 bits per heavy atom. The van der Waals surface area contributed by atoms with Crippen molar-refractivity contribution in [2.24, 2.45) is 5.84 Å². The van der Waals surface area contributed by atoms with E-state index >= 15 is 0 Å². The van der Waals surface area contributed by atoms with Gasteiger partial charge in [0.2, 0.25) is 0 Å². The highest BCUT2D eigenvalue weighted by Crippen LogP contribution is 2.10. The number of nitrogen functional groups attached to an aromatic ring is 1. The number of carbonyl (C=O) groups excluding carboxylic acids is 1. The van der Waals surface area contributed by atoms with Gasteiger partial charge in [0.15, 0.2) is 5.01 Å². The fourth-order valence-corrected chi connectivity index (χ4v) is 2.11. The molecule has 0 bridgehead atoms. The summed E-state index contributed by atoms with van der Waals surface area (Å²) in [6.45, 7) is 2.12. The van der Waals surface area contributed by atoms with Gasteiger partial charge in [0.1, 0.15) is 0 Å². The lowest BCUT2D eigenvalue weighted by Crippen LogP contribution is -2.30. The van der Waals surface area contributed by atoms with Crippen LogP contribution in [0.15, 0.2) is 22.6 Å². The molecule has 18 heavy (non-hydrogen) atoms. The first-order valence-corrected chi connectivity index (χ1v) is 5.96.